The molecule has 2 rings (SSSR count). The lowest BCUT2D eigenvalue weighted by Gasteiger charge is -2.06. The number of rotatable bonds is 5. The molecule has 0 aromatic carbocycles. The van der Waals surface area contributed by atoms with Crippen molar-refractivity contribution in [1.29, 1.82) is 0 Å². The lowest BCUT2D eigenvalue weighted by atomic mass is 10.3. The number of hydrogen-bond donors (Lipinski definition) is 3. The Balaban J connectivity index is 1.91. The third-order valence-corrected chi connectivity index (χ3v) is 2.60. The van der Waals surface area contributed by atoms with Crippen LogP contribution < -0.4 is 11.1 Å². The van der Waals surface area contributed by atoms with Crippen LogP contribution in [0.4, 0.5) is 5.69 Å². The monoisotopic (exact) mass is 248 g/mol. The largest absolute Gasteiger partial charge is 0.397 e. The van der Waals surface area contributed by atoms with Crippen molar-refractivity contribution in [3.63, 3.8) is 0 Å². The summed E-state index contributed by atoms with van der Waals surface area (Å²) in [6.07, 6.45) is 3.82. The Kier molecular flexibility index (Phi) is 3.61. The smallest absolute Gasteiger partial charge is 0.267 e. The first-order valence-corrected chi connectivity index (χ1v) is 5.78. The molecule has 7 nitrogen and oxygen atoms in total. The molecule has 0 bridgehead atoms. The van der Waals surface area contributed by atoms with Gasteiger partial charge in [-0.3, -0.25) is 9.89 Å². The van der Waals surface area contributed by atoms with Crippen LogP contribution in [0.3, 0.4) is 0 Å². The number of nitrogens with one attached hydrogen (secondary N) is 2. The maximum Gasteiger partial charge on any atom is 0.267 e. The molecule has 96 valence electrons. The lowest BCUT2D eigenvalue weighted by Crippen LogP contribution is -2.27. The zero-order valence-electron chi connectivity index (χ0n) is 10.2. The highest BCUT2D eigenvalue weighted by Crippen LogP contribution is 2.10. The SMILES string of the molecule is CCn1cc(N)cc1C(=O)NCCc1ncn[nH]1. The van der Waals surface area contributed by atoms with Crippen LogP contribution in [0.15, 0.2) is 18.6 Å². The number of nitrogens with zero attached hydrogens (tertiary/aromatic N) is 3. The molecule has 0 aliphatic rings. The Bertz CT molecular complexity index is 516. The molecule has 4 N–H and O–H groups in total. The molecule has 7 heteroatoms. The third-order valence-electron chi connectivity index (χ3n) is 2.60. The molecule has 2 heterocycles. The van der Waals surface area contributed by atoms with E-state index in [4.69, 9.17) is 5.73 Å². The number of anilines is 1. The Morgan fingerprint density at radius 2 is 2.44 bits per heavy atom. The number of aromatic amines is 1. The molecule has 0 fully saturated rings. The molecule has 1 amide bonds. The van der Waals surface area contributed by atoms with Gasteiger partial charge < -0.3 is 15.6 Å². The van der Waals surface area contributed by atoms with Crippen LogP contribution >= 0.6 is 0 Å². The fraction of sp³-hybridized carbons (Fsp3) is 0.364. The van der Waals surface area contributed by atoms with Crippen molar-refractivity contribution < 1.29 is 4.79 Å². The Morgan fingerprint density at radius 1 is 1.61 bits per heavy atom. The molecule has 0 aliphatic carbocycles. The van der Waals surface area contributed by atoms with Gasteiger partial charge in [0.15, 0.2) is 0 Å². The number of carbonyl (C=O) groups excluding carboxylic acids is 1. The van der Waals surface area contributed by atoms with Crippen LogP contribution in [0.1, 0.15) is 23.2 Å². The zero-order chi connectivity index (χ0) is 13.0. The summed E-state index contributed by atoms with van der Waals surface area (Å²) in [7, 11) is 0. The van der Waals surface area contributed by atoms with E-state index in [1.54, 1.807) is 12.3 Å². The van der Waals surface area contributed by atoms with E-state index >= 15 is 0 Å². The van der Waals surface area contributed by atoms with Crippen molar-refractivity contribution >= 4 is 11.6 Å². The number of aromatic nitrogens is 4. The van der Waals surface area contributed by atoms with Crippen molar-refractivity contribution in [1.82, 2.24) is 25.1 Å². The highest BCUT2D eigenvalue weighted by atomic mass is 16.1. The molecule has 0 unspecified atom stereocenters. The van der Waals surface area contributed by atoms with Crippen molar-refractivity contribution in [2.24, 2.45) is 0 Å². The average Bonchev–Trinajstić information content (AvgIpc) is 2.98. The summed E-state index contributed by atoms with van der Waals surface area (Å²) >= 11 is 0. The molecular weight excluding hydrogens is 232 g/mol. The normalized spacial score (nSPS) is 10.5. The van der Waals surface area contributed by atoms with E-state index in [2.05, 4.69) is 20.5 Å². The number of H-pyrrole nitrogens is 1. The number of hydrogen-bond acceptors (Lipinski definition) is 4. The van der Waals surface area contributed by atoms with E-state index in [0.29, 0.717) is 30.9 Å². The first-order chi connectivity index (χ1) is 8.70. The van der Waals surface area contributed by atoms with Crippen LogP contribution in [0, 0.1) is 0 Å². The minimum Gasteiger partial charge on any atom is -0.397 e. The standard InChI is InChI=1S/C11H16N6O/c1-2-17-6-8(12)5-9(17)11(18)13-4-3-10-14-7-15-16-10/h5-7H,2-4,12H2,1H3,(H,13,18)(H,14,15,16). The number of amides is 1. The van der Waals surface area contributed by atoms with Crippen LogP contribution in [0.25, 0.3) is 0 Å². The Hall–Kier alpha value is -2.31. The fourth-order valence-corrected chi connectivity index (χ4v) is 1.72. The average molecular weight is 248 g/mol. The zero-order valence-corrected chi connectivity index (χ0v) is 10.2. The molecule has 0 radical (unpaired) electrons. The Labute approximate surface area is 104 Å². The highest BCUT2D eigenvalue weighted by Gasteiger charge is 2.11. The summed E-state index contributed by atoms with van der Waals surface area (Å²) in [6, 6.07) is 1.67. The second kappa shape index (κ2) is 5.35. The molecule has 0 spiro atoms. The summed E-state index contributed by atoms with van der Waals surface area (Å²) in [6.45, 7) is 3.18. The number of aryl methyl sites for hydroxylation is 1. The molecule has 18 heavy (non-hydrogen) atoms. The second-order valence-corrected chi connectivity index (χ2v) is 3.88. The predicted octanol–water partition coefficient (Wildman–Crippen LogP) is 0.181. The molecular formula is C11H16N6O. The van der Waals surface area contributed by atoms with Gasteiger partial charge in [0.25, 0.3) is 5.91 Å². The van der Waals surface area contributed by atoms with Crippen LogP contribution in [0.2, 0.25) is 0 Å². The van der Waals surface area contributed by atoms with Crippen molar-refractivity contribution in [3.8, 4) is 0 Å². The first-order valence-electron chi connectivity index (χ1n) is 5.78. The van der Waals surface area contributed by atoms with Gasteiger partial charge in [-0.1, -0.05) is 0 Å². The van der Waals surface area contributed by atoms with E-state index in [1.165, 1.54) is 6.33 Å². The van der Waals surface area contributed by atoms with Crippen LogP contribution in [0.5, 0.6) is 0 Å². The van der Waals surface area contributed by atoms with Gasteiger partial charge >= 0.3 is 0 Å². The van der Waals surface area contributed by atoms with E-state index in [1.807, 2.05) is 11.5 Å². The van der Waals surface area contributed by atoms with Gasteiger partial charge in [0.1, 0.15) is 17.8 Å². The van der Waals surface area contributed by atoms with Crippen molar-refractivity contribution in [2.75, 3.05) is 12.3 Å². The van der Waals surface area contributed by atoms with E-state index in [0.717, 1.165) is 5.82 Å². The highest BCUT2D eigenvalue weighted by molar-refractivity contribution is 5.93. The summed E-state index contributed by atoms with van der Waals surface area (Å²) in [4.78, 5) is 15.9. The maximum atomic E-state index is 11.9. The minimum absolute atomic E-state index is 0.131. The summed E-state index contributed by atoms with van der Waals surface area (Å²) in [5.41, 5.74) is 6.85. The maximum absolute atomic E-state index is 11.9. The third kappa shape index (κ3) is 2.68. The predicted molar refractivity (Wildman–Crippen MR) is 66.9 cm³/mol. The molecule has 2 aromatic rings. The Morgan fingerprint density at radius 3 is 3.11 bits per heavy atom. The van der Waals surface area contributed by atoms with E-state index < -0.39 is 0 Å². The number of carbonyl (C=O) groups is 1. The van der Waals surface area contributed by atoms with Gasteiger partial charge in [-0.15, -0.1) is 0 Å². The molecule has 0 saturated carbocycles. The van der Waals surface area contributed by atoms with Gasteiger partial charge in [-0.05, 0) is 13.0 Å². The lowest BCUT2D eigenvalue weighted by molar-refractivity contribution is 0.0945. The summed E-state index contributed by atoms with van der Waals surface area (Å²) in [5.74, 6) is 0.619. The minimum atomic E-state index is -0.131. The van der Waals surface area contributed by atoms with Crippen molar-refractivity contribution in [2.45, 2.75) is 19.9 Å². The topological polar surface area (TPSA) is 102 Å². The molecule has 2 aromatic heterocycles. The van der Waals surface area contributed by atoms with E-state index in [9.17, 15) is 4.79 Å². The van der Waals surface area contributed by atoms with Gasteiger partial charge in [0, 0.05) is 25.7 Å². The van der Waals surface area contributed by atoms with E-state index in [-0.39, 0.29) is 5.91 Å². The number of nitrogen functional groups attached to an aromatic ring is 1. The molecule has 0 atom stereocenters. The van der Waals surface area contributed by atoms with Gasteiger partial charge in [0.2, 0.25) is 0 Å². The molecule has 0 saturated heterocycles. The summed E-state index contributed by atoms with van der Waals surface area (Å²) in [5, 5.41) is 9.30. The first kappa shape index (κ1) is 12.2. The van der Waals surface area contributed by atoms with Gasteiger partial charge in [-0.25, -0.2) is 4.98 Å². The fourth-order valence-electron chi connectivity index (χ4n) is 1.72. The second-order valence-electron chi connectivity index (χ2n) is 3.88. The van der Waals surface area contributed by atoms with Gasteiger partial charge in [0.05, 0.1) is 5.69 Å². The molecule has 0 aliphatic heterocycles. The number of nitrogens with two attached hydrogens (primary N) is 1. The van der Waals surface area contributed by atoms with Crippen molar-refractivity contribution in [3.05, 3.63) is 30.1 Å². The van der Waals surface area contributed by atoms with Crippen LogP contribution in [-0.2, 0) is 13.0 Å². The summed E-state index contributed by atoms with van der Waals surface area (Å²) < 4.78 is 1.82. The van der Waals surface area contributed by atoms with Gasteiger partial charge in [-0.2, -0.15) is 5.10 Å². The quantitative estimate of drug-likeness (QED) is 0.702. The van der Waals surface area contributed by atoms with Crippen LogP contribution in [-0.4, -0.2) is 32.2 Å².